The van der Waals surface area contributed by atoms with E-state index < -0.39 is 62.1 Å². The van der Waals surface area contributed by atoms with Crippen molar-refractivity contribution >= 4 is 32.0 Å². The zero-order chi connectivity index (χ0) is 33.0. The van der Waals surface area contributed by atoms with Crippen molar-refractivity contribution in [3.63, 3.8) is 0 Å². The van der Waals surface area contributed by atoms with Crippen LogP contribution in [0.25, 0.3) is 0 Å². The van der Waals surface area contributed by atoms with Gasteiger partial charge in [0.25, 0.3) is 0 Å². The van der Waals surface area contributed by atoms with Crippen LogP contribution in [0.5, 0.6) is 0 Å². The maximum absolute atomic E-state index is 12.2. The van der Waals surface area contributed by atoms with Gasteiger partial charge in [-0.1, -0.05) is 129 Å². The van der Waals surface area contributed by atoms with Gasteiger partial charge in [-0.3, -0.25) is 19.2 Å². The Labute approximate surface area is 267 Å². The fourth-order valence-electron chi connectivity index (χ4n) is 6.13. The van der Waals surface area contributed by atoms with Gasteiger partial charge < -0.3 is 23.7 Å². The highest BCUT2D eigenvalue weighted by atomic mass is 28.3. The van der Waals surface area contributed by atoms with Crippen molar-refractivity contribution in [2.45, 2.75) is 187 Å². The van der Waals surface area contributed by atoms with Crippen LogP contribution in [0, 0.1) is 0 Å². The summed E-state index contributed by atoms with van der Waals surface area (Å²) in [7, 11) is -2.27. The van der Waals surface area contributed by atoms with Crippen LogP contribution in [-0.4, -0.2) is 68.7 Å². The summed E-state index contributed by atoms with van der Waals surface area (Å²) < 4.78 is 28.5. The molecule has 256 valence electrons. The fourth-order valence-corrected chi connectivity index (χ4v) is 9.26. The van der Waals surface area contributed by atoms with E-state index in [0.717, 1.165) is 18.9 Å². The SMILES string of the molecule is CCCCCCCCCCCCCCCCCC[Si](C)(C)C1OC(COC(C)=O)C(OC(C)=O)C(OC(C)=O)C1OC(C)=O. The van der Waals surface area contributed by atoms with Gasteiger partial charge in [-0.05, 0) is 0 Å². The normalized spacial score (nSPS) is 21.8. The summed E-state index contributed by atoms with van der Waals surface area (Å²) in [4.78, 5) is 47.9. The van der Waals surface area contributed by atoms with Crippen LogP contribution < -0.4 is 0 Å². The highest BCUT2D eigenvalue weighted by molar-refractivity contribution is 6.78. The Bertz CT molecular complexity index is 847. The summed E-state index contributed by atoms with van der Waals surface area (Å²) >= 11 is 0. The molecule has 1 fully saturated rings. The quantitative estimate of drug-likeness (QED) is 0.0480. The Hall–Kier alpha value is -1.94. The average molecular weight is 643 g/mol. The van der Waals surface area contributed by atoms with E-state index in [1.165, 1.54) is 118 Å². The van der Waals surface area contributed by atoms with Crippen molar-refractivity contribution in [1.29, 1.82) is 0 Å². The maximum Gasteiger partial charge on any atom is 0.303 e. The summed E-state index contributed by atoms with van der Waals surface area (Å²) in [6, 6.07) is 0.916. The number of unbranched alkanes of at least 4 members (excludes halogenated alkanes) is 15. The van der Waals surface area contributed by atoms with Crippen LogP contribution in [0.1, 0.15) is 137 Å². The third-order valence-electron chi connectivity index (χ3n) is 8.44. The van der Waals surface area contributed by atoms with Gasteiger partial charge >= 0.3 is 23.9 Å². The molecule has 1 aliphatic heterocycles. The zero-order valence-electron chi connectivity index (χ0n) is 28.8. The molecule has 0 aliphatic carbocycles. The minimum Gasteiger partial charge on any atom is -0.463 e. The minimum atomic E-state index is -2.27. The van der Waals surface area contributed by atoms with Crippen LogP contribution >= 0.6 is 0 Å². The van der Waals surface area contributed by atoms with Crippen molar-refractivity contribution in [3.05, 3.63) is 0 Å². The van der Waals surface area contributed by atoms with Crippen LogP contribution in [0.4, 0.5) is 0 Å². The number of hydrogen-bond donors (Lipinski definition) is 0. The molecule has 0 aromatic carbocycles. The fraction of sp³-hybridized carbons (Fsp3) is 0.882. The molecule has 10 heteroatoms. The second-order valence-electron chi connectivity index (χ2n) is 13.2. The lowest BCUT2D eigenvalue weighted by Gasteiger charge is -2.48. The first kappa shape index (κ1) is 40.1. The number of rotatable bonds is 23. The summed E-state index contributed by atoms with van der Waals surface area (Å²) in [5.41, 5.74) is -0.556. The number of hydrogen-bond acceptors (Lipinski definition) is 9. The molecule has 9 nitrogen and oxygen atoms in total. The molecule has 0 saturated carbocycles. The molecule has 0 amide bonds. The van der Waals surface area contributed by atoms with E-state index in [1.807, 2.05) is 0 Å². The zero-order valence-corrected chi connectivity index (χ0v) is 29.8. The Morgan fingerprint density at radius 1 is 0.545 bits per heavy atom. The summed E-state index contributed by atoms with van der Waals surface area (Å²) in [6.45, 7) is 11.5. The van der Waals surface area contributed by atoms with E-state index >= 15 is 0 Å². The van der Waals surface area contributed by atoms with Crippen molar-refractivity contribution in [2.75, 3.05) is 6.61 Å². The summed E-state index contributed by atoms with van der Waals surface area (Å²) in [6.07, 6.45) is 16.8. The molecule has 0 aromatic rings. The summed E-state index contributed by atoms with van der Waals surface area (Å²) in [5, 5.41) is 0. The van der Waals surface area contributed by atoms with Crippen LogP contribution in [0.3, 0.4) is 0 Å². The highest BCUT2D eigenvalue weighted by Crippen LogP contribution is 2.36. The standard InChI is InChI=1S/C34H62O9Si/c1-8-9-10-11-12-13-14-15-16-17-18-19-20-21-22-23-24-44(6,7)34-33(42-29(5)38)32(41-28(4)37)31(40-27(3)36)30(43-34)25-39-26(2)35/h30-34H,8-25H2,1-7H3. The van der Waals surface area contributed by atoms with Crippen LogP contribution in [-0.2, 0) is 42.9 Å². The molecular weight excluding hydrogens is 580 g/mol. The molecule has 1 heterocycles. The van der Waals surface area contributed by atoms with Crippen LogP contribution in [0.15, 0.2) is 0 Å². The van der Waals surface area contributed by atoms with Gasteiger partial charge in [0.05, 0.1) is 13.8 Å². The second kappa shape index (κ2) is 22.5. The Morgan fingerprint density at radius 3 is 1.34 bits per heavy atom. The Balaban J connectivity index is 2.64. The first-order valence-electron chi connectivity index (χ1n) is 17.2. The van der Waals surface area contributed by atoms with Gasteiger partial charge in [-0.25, -0.2) is 0 Å². The predicted octanol–water partition coefficient (Wildman–Crippen LogP) is 7.62. The van der Waals surface area contributed by atoms with Crippen molar-refractivity contribution in [2.24, 2.45) is 0 Å². The van der Waals surface area contributed by atoms with Crippen molar-refractivity contribution < 1.29 is 42.9 Å². The lowest BCUT2D eigenvalue weighted by atomic mass is 9.99. The Kier molecular flexibility index (Phi) is 20.5. The highest BCUT2D eigenvalue weighted by Gasteiger charge is 2.56. The smallest absolute Gasteiger partial charge is 0.303 e. The first-order valence-corrected chi connectivity index (χ1v) is 20.5. The number of ether oxygens (including phenoxy) is 5. The maximum atomic E-state index is 12.2. The average Bonchev–Trinajstić information content (AvgIpc) is 2.93. The summed E-state index contributed by atoms with van der Waals surface area (Å²) in [5.74, 6) is -2.28. The number of esters is 4. The molecular formula is C34H62O9Si. The molecule has 5 atom stereocenters. The molecule has 0 N–H and O–H groups in total. The molecule has 5 unspecified atom stereocenters. The van der Waals surface area contributed by atoms with Crippen molar-refractivity contribution in [3.8, 4) is 0 Å². The van der Waals surface area contributed by atoms with E-state index in [4.69, 9.17) is 23.7 Å². The number of carbonyl (C=O) groups excluding carboxylic acids is 4. The molecule has 0 aromatic heterocycles. The van der Waals surface area contributed by atoms with E-state index in [1.54, 1.807) is 0 Å². The third kappa shape index (κ3) is 16.9. The lowest BCUT2D eigenvalue weighted by Crippen LogP contribution is -2.68. The second-order valence-corrected chi connectivity index (χ2v) is 18.2. The molecule has 44 heavy (non-hydrogen) atoms. The minimum absolute atomic E-state index is 0.183. The molecule has 0 radical (unpaired) electrons. The monoisotopic (exact) mass is 642 g/mol. The van der Waals surface area contributed by atoms with Gasteiger partial charge in [-0.15, -0.1) is 0 Å². The molecule has 0 spiro atoms. The van der Waals surface area contributed by atoms with E-state index in [9.17, 15) is 19.2 Å². The van der Waals surface area contributed by atoms with Gasteiger partial charge in [0.1, 0.15) is 12.7 Å². The number of carbonyl (C=O) groups is 4. The van der Waals surface area contributed by atoms with Gasteiger partial charge in [0, 0.05) is 27.7 Å². The van der Waals surface area contributed by atoms with E-state index in [2.05, 4.69) is 20.0 Å². The first-order chi connectivity index (χ1) is 20.9. The molecule has 1 aliphatic rings. The van der Waals surface area contributed by atoms with E-state index in [0.29, 0.717) is 0 Å². The Morgan fingerprint density at radius 2 is 0.932 bits per heavy atom. The largest absolute Gasteiger partial charge is 0.463 e. The van der Waals surface area contributed by atoms with Crippen LogP contribution in [0.2, 0.25) is 19.1 Å². The molecule has 1 saturated heterocycles. The van der Waals surface area contributed by atoms with Gasteiger partial charge in [0.15, 0.2) is 18.3 Å². The topological polar surface area (TPSA) is 114 Å². The lowest BCUT2D eigenvalue weighted by molar-refractivity contribution is -0.240. The van der Waals surface area contributed by atoms with Gasteiger partial charge in [0.2, 0.25) is 0 Å². The molecule has 0 bridgehead atoms. The molecule has 1 rings (SSSR count). The van der Waals surface area contributed by atoms with Crippen molar-refractivity contribution in [1.82, 2.24) is 0 Å². The predicted molar refractivity (Wildman–Crippen MR) is 174 cm³/mol. The van der Waals surface area contributed by atoms with E-state index in [-0.39, 0.29) is 6.61 Å². The van der Waals surface area contributed by atoms with Gasteiger partial charge in [-0.2, -0.15) is 0 Å². The third-order valence-corrected chi connectivity index (χ3v) is 12.1.